The molecule has 0 radical (unpaired) electrons. The number of amides is 1. The zero-order chi connectivity index (χ0) is 13.8. The number of benzene rings is 1. The van der Waals surface area contributed by atoms with Crippen LogP contribution in [0, 0.1) is 18.7 Å². The molecule has 19 heavy (non-hydrogen) atoms. The largest absolute Gasteiger partial charge is 0.349 e. The van der Waals surface area contributed by atoms with Gasteiger partial charge in [-0.15, -0.1) is 0 Å². The number of carbonyl (C=O) groups excluding carboxylic acids is 1. The van der Waals surface area contributed by atoms with Crippen LogP contribution in [-0.2, 0) is 0 Å². The number of carbonyl (C=O) groups is 1. The van der Waals surface area contributed by atoms with Gasteiger partial charge in [-0.1, -0.05) is 0 Å². The van der Waals surface area contributed by atoms with Crippen LogP contribution in [0.3, 0.4) is 0 Å². The molecular weight excluding hydrogens is 243 g/mol. The predicted octanol–water partition coefficient (Wildman–Crippen LogP) is 2.25. The molecule has 1 aromatic rings. The van der Waals surface area contributed by atoms with Crippen LogP contribution in [0.5, 0.6) is 0 Å². The van der Waals surface area contributed by atoms with Gasteiger partial charge in [0.25, 0.3) is 5.91 Å². The summed E-state index contributed by atoms with van der Waals surface area (Å²) in [4.78, 5) is 12.2. The summed E-state index contributed by atoms with van der Waals surface area (Å²) < 4.78 is 13.0. The van der Waals surface area contributed by atoms with Crippen LogP contribution in [0.15, 0.2) is 18.2 Å². The third-order valence-electron chi connectivity index (χ3n) is 3.83. The van der Waals surface area contributed by atoms with E-state index in [4.69, 9.17) is 0 Å². The fraction of sp³-hybridized carbons (Fsp3) is 0.533. The van der Waals surface area contributed by atoms with Crippen molar-refractivity contribution in [3.8, 4) is 0 Å². The first-order chi connectivity index (χ1) is 9.08. The molecule has 104 valence electrons. The molecular formula is C15H21FN2O. The Balaban J connectivity index is 1.99. The highest BCUT2D eigenvalue weighted by Gasteiger charge is 2.22. The van der Waals surface area contributed by atoms with Crippen molar-refractivity contribution in [2.24, 2.45) is 5.92 Å². The molecule has 2 N–H and O–H groups in total. The van der Waals surface area contributed by atoms with E-state index in [1.54, 1.807) is 13.0 Å². The Bertz CT molecular complexity index is 455. The van der Waals surface area contributed by atoms with Gasteiger partial charge in [0.2, 0.25) is 0 Å². The molecule has 0 aromatic heterocycles. The molecule has 0 saturated carbocycles. The number of rotatable bonds is 3. The van der Waals surface area contributed by atoms with Crippen molar-refractivity contribution in [3.63, 3.8) is 0 Å². The van der Waals surface area contributed by atoms with E-state index in [2.05, 4.69) is 10.6 Å². The summed E-state index contributed by atoms with van der Waals surface area (Å²) >= 11 is 0. The molecule has 1 fully saturated rings. The van der Waals surface area contributed by atoms with Crippen molar-refractivity contribution in [3.05, 3.63) is 35.1 Å². The highest BCUT2D eigenvalue weighted by atomic mass is 19.1. The fourth-order valence-electron chi connectivity index (χ4n) is 2.59. The first-order valence-corrected chi connectivity index (χ1v) is 6.85. The van der Waals surface area contributed by atoms with E-state index in [1.165, 1.54) is 12.1 Å². The van der Waals surface area contributed by atoms with Crippen LogP contribution >= 0.6 is 0 Å². The molecule has 1 aliphatic rings. The second-order valence-corrected chi connectivity index (χ2v) is 5.33. The molecule has 1 saturated heterocycles. The normalized spacial score (nSPS) is 20.9. The first kappa shape index (κ1) is 14.0. The molecule has 2 rings (SSSR count). The van der Waals surface area contributed by atoms with Crippen molar-refractivity contribution >= 4 is 5.91 Å². The third-order valence-corrected chi connectivity index (χ3v) is 3.83. The van der Waals surface area contributed by atoms with Gasteiger partial charge in [0.05, 0.1) is 0 Å². The standard InChI is InChI=1S/C15H21FN2O/c1-10-8-13(16)5-6-14(10)15(19)18-11(2)12-4-3-7-17-9-12/h5-6,8,11-12,17H,3-4,7,9H2,1-2H3,(H,18,19). The predicted molar refractivity (Wildman–Crippen MR) is 73.7 cm³/mol. The van der Waals surface area contributed by atoms with Crippen LogP contribution in [0.4, 0.5) is 4.39 Å². The highest BCUT2D eigenvalue weighted by molar-refractivity contribution is 5.95. The van der Waals surface area contributed by atoms with E-state index in [9.17, 15) is 9.18 Å². The lowest BCUT2D eigenvalue weighted by Gasteiger charge is -2.29. The molecule has 1 aliphatic heterocycles. The summed E-state index contributed by atoms with van der Waals surface area (Å²) in [5.74, 6) is 0.0487. The van der Waals surface area contributed by atoms with Gasteiger partial charge in [-0.3, -0.25) is 4.79 Å². The molecule has 0 spiro atoms. The summed E-state index contributed by atoms with van der Waals surface area (Å²) in [6.07, 6.45) is 2.29. The highest BCUT2D eigenvalue weighted by Crippen LogP contribution is 2.16. The molecule has 1 amide bonds. The minimum atomic E-state index is -0.307. The minimum Gasteiger partial charge on any atom is -0.349 e. The van der Waals surface area contributed by atoms with Crippen molar-refractivity contribution in [1.29, 1.82) is 0 Å². The molecule has 3 nitrogen and oxygen atoms in total. The Morgan fingerprint density at radius 2 is 2.32 bits per heavy atom. The van der Waals surface area contributed by atoms with Gasteiger partial charge in [-0.25, -0.2) is 4.39 Å². The molecule has 2 unspecified atom stereocenters. The van der Waals surface area contributed by atoms with Crippen molar-refractivity contribution in [2.75, 3.05) is 13.1 Å². The van der Waals surface area contributed by atoms with Crippen LogP contribution in [0.1, 0.15) is 35.7 Å². The maximum absolute atomic E-state index is 13.0. The Morgan fingerprint density at radius 3 is 2.95 bits per heavy atom. The molecule has 1 aromatic carbocycles. The number of hydrogen-bond donors (Lipinski definition) is 2. The fourth-order valence-corrected chi connectivity index (χ4v) is 2.59. The average Bonchev–Trinajstić information content (AvgIpc) is 2.39. The topological polar surface area (TPSA) is 41.1 Å². The summed E-state index contributed by atoms with van der Waals surface area (Å²) in [5.41, 5.74) is 1.23. The van der Waals surface area contributed by atoms with Crippen molar-refractivity contribution in [1.82, 2.24) is 10.6 Å². The number of hydrogen-bond acceptors (Lipinski definition) is 2. The molecule has 0 bridgehead atoms. The summed E-state index contributed by atoms with van der Waals surface area (Å²) in [6, 6.07) is 4.40. The van der Waals surface area contributed by atoms with Crippen molar-refractivity contribution in [2.45, 2.75) is 32.7 Å². The number of aryl methyl sites for hydroxylation is 1. The zero-order valence-electron chi connectivity index (χ0n) is 11.5. The van der Waals surface area contributed by atoms with Gasteiger partial charge in [-0.05, 0) is 69.5 Å². The van der Waals surface area contributed by atoms with E-state index < -0.39 is 0 Å². The van der Waals surface area contributed by atoms with E-state index in [0.29, 0.717) is 17.0 Å². The van der Waals surface area contributed by atoms with Gasteiger partial charge in [0.1, 0.15) is 5.82 Å². The van der Waals surface area contributed by atoms with Gasteiger partial charge in [0, 0.05) is 11.6 Å². The lowest BCUT2D eigenvalue weighted by Crippen LogP contribution is -2.44. The number of nitrogens with one attached hydrogen (secondary N) is 2. The van der Waals surface area contributed by atoms with E-state index in [-0.39, 0.29) is 17.8 Å². The summed E-state index contributed by atoms with van der Waals surface area (Å²) in [7, 11) is 0. The molecule has 1 heterocycles. The maximum atomic E-state index is 13.0. The average molecular weight is 264 g/mol. The minimum absolute atomic E-state index is 0.115. The Labute approximate surface area is 113 Å². The molecule has 0 aliphatic carbocycles. The monoisotopic (exact) mass is 264 g/mol. The maximum Gasteiger partial charge on any atom is 0.251 e. The van der Waals surface area contributed by atoms with Gasteiger partial charge >= 0.3 is 0 Å². The second kappa shape index (κ2) is 6.15. The Morgan fingerprint density at radius 1 is 1.53 bits per heavy atom. The lowest BCUT2D eigenvalue weighted by molar-refractivity contribution is 0.0921. The van der Waals surface area contributed by atoms with Crippen LogP contribution in [0.2, 0.25) is 0 Å². The van der Waals surface area contributed by atoms with Crippen molar-refractivity contribution < 1.29 is 9.18 Å². The molecule has 2 atom stereocenters. The van der Waals surface area contributed by atoms with E-state index in [1.807, 2.05) is 6.92 Å². The Kier molecular flexibility index (Phi) is 4.53. The second-order valence-electron chi connectivity index (χ2n) is 5.33. The first-order valence-electron chi connectivity index (χ1n) is 6.85. The molecule has 4 heteroatoms. The van der Waals surface area contributed by atoms with Gasteiger partial charge in [-0.2, -0.15) is 0 Å². The Hall–Kier alpha value is -1.42. The van der Waals surface area contributed by atoms with Crippen LogP contribution in [-0.4, -0.2) is 25.0 Å². The SMILES string of the molecule is Cc1cc(F)ccc1C(=O)NC(C)C1CCCNC1. The van der Waals surface area contributed by atoms with Crippen LogP contribution in [0.25, 0.3) is 0 Å². The third kappa shape index (κ3) is 3.53. The van der Waals surface area contributed by atoms with Gasteiger partial charge in [0.15, 0.2) is 0 Å². The zero-order valence-corrected chi connectivity index (χ0v) is 11.5. The number of piperidine rings is 1. The summed E-state index contributed by atoms with van der Waals surface area (Å²) in [5, 5.41) is 6.37. The number of halogens is 1. The van der Waals surface area contributed by atoms with E-state index in [0.717, 1.165) is 25.9 Å². The van der Waals surface area contributed by atoms with Crippen LogP contribution < -0.4 is 10.6 Å². The van der Waals surface area contributed by atoms with E-state index >= 15 is 0 Å². The smallest absolute Gasteiger partial charge is 0.251 e. The quantitative estimate of drug-likeness (QED) is 0.879. The van der Waals surface area contributed by atoms with Gasteiger partial charge < -0.3 is 10.6 Å². The lowest BCUT2D eigenvalue weighted by atomic mass is 9.92. The summed E-state index contributed by atoms with van der Waals surface area (Å²) in [6.45, 7) is 5.80.